The minimum Gasteiger partial charge on any atom is -0.321 e. The fraction of sp³-hybridized carbons (Fsp3) is 0.0769. The zero-order valence-corrected chi connectivity index (χ0v) is 9.45. The Balaban J connectivity index is 2.64. The Labute approximate surface area is 105 Å². The number of H-pyrrole nitrogens is 1. The maximum absolute atomic E-state index is 12.8. The number of benzene rings is 1. The van der Waals surface area contributed by atoms with E-state index in [1.54, 1.807) is 6.07 Å². The van der Waals surface area contributed by atoms with Gasteiger partial charge in [0.25, 0.3) is 5.56 Å². The van der Waals surface area contributed by atoms with E-state index in [1.165, 1.54) is 30.3 Å². The molecule has 96 valence electrons. The molecule has 0 radical (unpaired) electrons. The average molecular weight is 264 g/mol. The molecule has 0 aliphatic rings. The molecule has 0 saturated carbocycles. The number of pyridine rings is 1. The summed E-state index contributed by atoms with van der Waals surface area (Å²) in [5.41, 5.74) is -1.80. The minimum absolute atomic E-state index is 0.0249. The summed E-state index contributed by atoms with van der Waals surface area (Å²) in [7, 11) is 0. The van der Waals surface area contributed by atoms with Crippen molar-refractivity contribution < 1.29 is 13.2 Å². The molecule has 2 aromatic rings. The first-order chi connectivity index (χ1) is 8.93. The lowest BCUT2D eigenvalue weighted by atomic mass is 10.0. The predicted octanol–water partition coefficient (Wildman–Crippen LogP) is 2.93. The summed E-state index contributed by atoms with van der Waals surface area (Å²) in [6.07, 6.45) is -4.51. The Morgan fingerprint density at radius 2 is 1.79 bits per heavy atom. The van der Waals surface area contributed by atoms with Crippen LogP contribution in [0.3, 0.4) is 0 Å². The standard InChI is InChI=1S/C13H7F3N2O/c14-13(15,16)10-4-2-1-3-9(10)11-6-5-8(7-17)12(19)18-11/h1-6H,(H,18,19). The SMILES string of the molecule is N#Cc1ccc(-c2ccccc2C(F)(F)F)[nH]c1=O. The van der Waals surface area contributed by atoms with Gasteiger partial charge in [0.1, 0.15) is 11.6 Å². The molecule has 0 spiro atoms. The van der Waals surface area contributed by atoms with E-state index in [1.807, 2.05) is 0 Å². The summed E-state index contributed by atoms with van der Waals surface area (Å²) >= 11 is 0. The highest BCUT2D eigenvalue weighted by Crippen LogP contribution is 2.35. The van der Waals surface area contributed by atoms with Gasteiger partial charge in [-0.3, -0.25) is 4.79 Å². The molecule has 0 aliphatic heterocycles. The highest BCUT2D eigenvalue weighted by atomic mass is 19.4. The van der Waals surface area contributed by atoms with E-state index >= 15 is 0 Å². The van der Waals surface area contributed by atoms with Crippen molar-refractivity contribution in [2.45, 2.75) is 6.18 Å². The van der Waals surface area contributed by atoms with Gasteiger partial charge in [-0.1, -0.05) is 18.2 Å². The van der Waals surface area contributed by atoms with Crippen LogP contribution in [0, 0.1) is 11.3 Å². The van der Waals surface area contributed by atoms with E-state index in [2.05, 4.69) is 4.98 Å². The Morgan fingerprint density at radius 1 is 1.11 bits per heavy atom. The summed E-state index contributed by atoms with van der Waals surface area (Å²) in [6, 6.07) is 9.05. The molecule has 0 unspecified atom stereocenters. The molecule has 1 aromatic heterocycles. The van der Waals surface area contributed by atoms with Crippen molar-refractivity contribution in [1.29, 1.82) is 5.26 Å². The molecule has 0 amide bonds. The van der Waals surface area contributed by atoms with Crippen LogP contribution in [0.2, 0.25) is 0 Å². The number of alkyl halides is 3. The van der Waals surface area contributed by atoms with Crippen LogP contribution in [0.4, 0.5) is 13.2 Å². The second-order valence-corrected chi connectivity index (χ2v) is 3.77. The summed E-state index contributed by atoms with van der Waals surface area (Å²) in [5, 5.41) is 8.61. The zero-order chi connectivity index (χ0) is 14.0. The van der Waals surface area contributed by atoms with Gasteiger partial charge in [0.15, 0.2) is 0 Å². The third kappa shape index (κ3) is 2.50. The molecule has 1 N–H and O–H groups in total. The van der Waals surface area contributed by atoms with Crippen LogP contribution < -0.4 is 5.56 Å². The normalized spacial score (nSPS) is 11.1. The van der Waals surface area contributed by atoms with Crippen LogP contribution in [0.25, 0.3) is 11.3 Å². The molecule has 0 bridgehead atoms. The fourth-order valence-electron chi connectivity index (χ4n) is 1.68. The number of hydrogen-bond donors (Lipinski definition) is 1. The van der Waals surface area contributed by atoms with Crippen molar-refractivity contribution in [2.75, 3.05) is 0 Å². The lowest BCUT2D eigenvalue weighted by molar-refractivity contribution is -0.137. The van der Waals surface area contributed by atoms with E-state index in [0.29, 0.717) is 0 Å². The fourth-order valence-corrected chi connectivity index (χ4v) is 1.68. The molecule has 1 aromatic carbocycles. The van der Waals surface area contributed by atoms with Gasteiger partial charge >= 0.3 is 6.18 Å². The smallest absolute Gasteiger partial charge is 0.321 e. The highest BCUT2D eigenvalue weighted by Gasteiger charge is 2.33. The number of nitrogens with zero attached hydrogens (tertiary/aromatic N) is 1. The van der Waals surface area contributed by atoms with Crippen molar-refractivity contribution in [2.24, 2.45) is 0 Å². The Hall–Kier alpha value is -2.55. The van der Waals surface area contributed by atoms with E-state index in [9.17, 15) is 18.0 Å². The van der Waals surface area contributed by atoms with Crippen LogP contribution in [0.15, 0.2) is 41.2 Å². The van der Waals surface area contributed by atoms with Gasteiger partial charge in [0.2, 0.25) is 0 Å². The predicted molar refractivity (Wildman–Crippen MR) is 62.2 cm³/mol. The summed E-state index contributed by atoms with van der Waals surface area (Å²) in [4.78, 5) is 13.7. The van der Waals surface area contributed by atoms with Crippen LogP contribution in [-0.4, -0.2) is 4.98 Å². The third-order valence-corrected chi connectivity index (χ3v) is 2.55. The number of aromatic amines is 1. The minimum atomic E-state index is -4.51. The molecular weight excluding hydrogens is 257 g/mol. The number of hydrogen-bond acceptors (Lipinski definition) is 2. The number of rotatable bonds is 1. The summed E-state index contributed by atoms with van der Waals surface area (Å²) < 4.78 is 38.5. The third-order valence-electron chi connectivity index (χ3n) is 2.55. The van der Waals surface area contributed by atoms with E-state index in [4.69, 9.17) is 5.26 Å². The first-order valence-corrected chi connectivity index (χ1v) is 5.23. The molecule has 0 saturated heterocycles. The van der Waals surface area contributed by atoms with Crippen molar-refractivity contribution in [1.82, 2.24) is 4.98 Å². The Morgan fingerprint density at radius 3 is 2.37 bits per heavy atom. The summed E-state index contributed by atoms with van der Waals surface area (Å²) in [6.45, 7) is 0. The van der Waals surface area contributed by atoms with E-state index in [0.717, 1.165) is 6.07 Å². The molecule has 0 aliphatic carbocycles. The molecule has 1 heterocycles. The van der Waals surface area contributed by atoms with Gasteiger partial charge in [-0.2, -0.15) is 18.4 Å². The van der Waals surface area contributed by atoms with Crippen LogP contribution in [0.1, 0.15) is 11.1 Å². The van der Waals surface area contributed by atoms with Gasteiger partial charge < -0.3 is 4.98 Å². The molecule has 2 rings (SSSR count). The quantitative estimate of drug-likeness (QED) is 0.860. The summed E-state index contributed by atoms with van der Waals surface area (Å²) in [5.74, 6) is 0. The van der Waals surface area contributed by atoms with Gasteiger partial charge in [-0.25, -0.2) is 0 Å². The number of nitriles is 1. The van der Waals surface area contributed by atoms with Crippen molar-refractivity contribution >= 4 is 0 Å². The molecular formula is C13H7F3N2O. The van der Waals surface area contributed by atoms with Crippen LogP contribution in [-0.2, 0) is 6.18 Å². The second kappa shape index (κ2) is 4.61. The van der Waals surface area contributed by atoms with Crippen molar-refractivity contribution in [3.05, 3.63) is 57.9 Å². The van der Waals surface area contributed by atoms with Gasteiger partial charge in [-0.05, 0) is 18.2 Å². The Kier molecular flexibility index (Phi) is 3.13. The van der Waals surface area contributed by atoms with Crippen LogP contribution in [0.5, 0.6) is 0 Å². The first kappa shape index (κ1) is 12.9. The zero-order valence-electron chi connectivity index (χ0n) is 9.45. The lowest BCUT2D eigenvalue weighted by Gasteiger charge is -2.12. The highest BCUT2D eigenvalue weighted by molar-refractivity contribution is 5.64. The maximum Gasteiger partial charge on any atom is 0.417 e. The van der Waals surface area contributed by atoms with Crippen LogP contribution >= 0.6 is 0 Å². The van der Waals surface area contributed by atoms with E-state index < -0.39 is 17.3 Å². The first-order valence-electron chi connectivity index (χ1n) is 5.23. The van der Waals surface area contributed by atoms with Crippen molar-refractivity contribution in [3.63, 3.8) is 0 Å². The molecule has 19 heavy (non-hydrogen) atoms. The Bertz CT molecular complexity index is 711. The molecule has 0 fully saturated rings. The molecule has 3 nitrogen and oxygen atoms in total. The second-order valence-electron chi connectivity index (χ2n) is 3.77. The van der Waals surface area contributed by atoms with Gasteiger partial charge in [0, 0.05) is 11.3 Å². The lowest BCUT2D eigenvalue weighted by Crippen LogP contribution is -2.12. The molecule has 6 heteroatoms. The van der Waals surface area contributed by atoms with Crippen molar-refractivity contribution in [3.8, 4) is 17.3 Å². The number of nitrogens with one attached hydrogen (secondary N) is 1. The largest absolute Gasteiger partial charge is 0.417 e. The molecule has 0 atom stereocenters. The van der Waals surface area contributed by atoms with E-state index in [-0.39, 0.29) is 16.8 Å². The van der Waals surface area contributed by atoms with Gasteiger partial charge in [-0.15, -0.1) is 0 Å². The van der Waals surface area contributed by atoms with Gasteiger partial charge in [0.05, 0.1) is 5.56 Å². The monoisotopic (exact) mass is 264 g/mol. The number of aromatic nitrogens is 1. The number of halogens is 3. The average Bonchev–Trinajstić information content (AvgIpc) is 2.37. The topological polar surface area (TPSA) is 56.6 Å². The maximum atomic E-state index is 12.8.